The first-order valence-corrected chi connectivity index (χ1v) is 7.41. The molecule has 1 heterocycles. The average Bonchev–Trinajstić information content (AvgIpc) is 2.93. The second-order valence-corrected chi connectivity index (χ2v) is 5.69. The van der Waals surface area contributed by atoms with E-state index >= 15 is 0 Å². The van der Waals surface area contributed by atoms with Crippen LogP contribution in [0.15, 0.2) is 54.6 Å². The van der Waals surface area contributed by atoms with E-state index in [1.165, 1.54) is 12.1 Å². The summed E-state index contributed by atoms with van der Waals surface area (Å²) in [6.07, 6.45) is 0.615. The van der Waals surface area contributed by atoms with Crippen LogP contribution in [0.2, 0.25) is 0 Å². The monoisotopic (exact) mass is 299 g/mol. The van der Waals surface area contributed by atoms with Gasteiger partial charge in [0.1, 0.15) is 5.82 Å². The van der Waals surface area contributed by atoms with E-state index in [4.69, 9.17) is 0 Å². The molecule has 2 aromatic rings. The van der Waals surface area contributed by atoms with Crippen LogP contribution in [0.5, 0.6) is 0 Å². The van der Waals surface area contributed by atoms with E-state index in [1.807, 2.05) is 30.3 Å². The van der Waals surface area contributed by atoms with Crippen LogP contribution in [0, 0.1) is 11.7 Å². The van der Waals surface area contributed by atoms with Crippen molar-refractivity contribution in [3.8, 4) is 0 Å². The molecule has 0 spiro atoms. The standard InChI is InChI=1S/C18H18FNO2/c19-15-8-6-14(7-9-15)17-16(18(21)22)10-11-20(17)12-13-4-2-1-3-5-13/h1-9,16-17H,10-12H2,(H,21,22). The van der Waals surface area contributed by atoms with Gasteiger partial charge in [-0.15, -0.1) is 0 Å². The molecule has 0 saturated carbocycles. The molecule has 2 unspecified atom stereocenters. The van der Waals surface area contributed by atoms with E-state index in [9.17, 15) is 14.3 Å². The van der Waals surface area contributed by atoms with Crippen LogP contribution >= 0.6 is 0 Å². The molecule has 2 atom stereocenters. The van der Waals surface area contributed by atoms with Crippen LogP contribution in [0.4, 0.5) is 4.39 Å². The van der Waals surface area contributed by atoms with E-state index in [1.54, 1.807) is 12.1 Å². The van der Waals surface area contributed by atoms with Gasteiger partial charge in [-0.25, -0.2) is 4.39 Å². The summed E-state index contributed by atoms with van der Waals surface area (Å²) in [5, 5.41) is 9.48. The second kappa shape index (κ2) is 6.28. The molecule has 1 aliphatic heterocycles. The van der Waals surface area contributed by atoms with Gasteiger partial charge in [-0.3, -0.25) is 9.69 Å². The highest BCUT2D eigenvalue weighted by molar-refractivity contribution is 5.71. The van der Waals surface area contributed by atoms with Gasteiger partial charge in [-0.1, -0.05) is 42.5 Å². The summed E-state index contributed by atoms with van der Waals surface area (Å²) in [4.78, 5) is 13.7. The lowest BCUT2D eigenvalue weighted by Gasteiger charge is -2.27. The van der Waals surface area contributed by atoms with Crippen LogP contribution in [0.25, 0.3) is 0 Å². The Balaban J connectivity index is 1.88. The topological polar surface area (TPSA) is 40.5 Å². The summed E-state index contributed by atoms with van der Waals surface area (Å²) in [5.74, 6) is -1.54. The van der Waals surface area contributed by atoms with Gasteiger partial charge < -0.3 is 5.11 Å². The number of halogens is 1. The summed E-state index contributed by atoms with van der Waals surface area (Å²) >= 11 is 0. The maximum Gasteiger partial charge on any atom is 0.308 e. The molecule has 0 radical (unpaired) electrons. The molecule has 0 aliphatic carbocycles. The molecule has 3 rings (SSSR count). The number of rotatable bonds is 4. The van der Waals surface area contributed by atoms with Crippen LogP contribution in [-0.4, -0.2) is 22.5 Å². The summed E-state index contributed by atoms with van der Waals surface area (Å²) in [7, 11) is 0. The molecule has 3 nitrogen and oxygen atoms in total. The van der Waals surface area contributed by atoms with Gasteiger partial charge in [0.05, 0.1) is 5.92 Å². The van der Waals surface area contributed by atoms with E-state index in [2.05, 4.69) is 4.90 Å². The molecule has 22 heavy (non-hydrogen) atoms. The lowest BCUT2D eigenvalue weighted by Crippen LogP contribution is -2.28. The zero-order valence-corrected chi connectivity index (χ0v) is 12.2. The number of aliphatic carboxylic acids is 1. The lowest BCUT2D eigenvalue weighted by atomic mass is 9.93. The van der Waals surface area contributed by atoms with Crippen molar-refractivity contribution in [3.63, 3.8) is 0 Å². The maximum atomic E-state index is 13.1. The highest BCUT2D eigenvalue weighted by Crippen LogP contribution is 2.38. The molecule has 1 fully saturated rings. The van der Waals surface area contributed by atoms with E-state index < -0.39 is 11.9 Å². The van der Waals surface area contributed by atoms with Gasteiger partial charge in [-0.2, -0.15) is 0 Å². The molecule has 114 valence electrons. The van der Waals surface area contributed by atoms with Gasteiger partial charge in [0.15, 0.2) is 0 Å². The fraction of sp³-hybridized carbons (Fsp3) is 0.278. The Hall–Kier alpha value is -2.20. The number of carboxylic acid groups (broad SMARTS) is 1. The molecule has 0 bridgehead atoms. The smallest absolute Gasteiger partial charge is 0.308 e. The van der Waals surface area contributed by atoms with Crippen LogP contribution < -0.4 is 0 Å². The summed E-state index contributed by atoms with van der Waals surface area (Å²) in [6.45, 7) is 1.43. The minimum Gasteiger partial charge on any atom is -0.481 e. The molecular weight excluding hydrogens is 281 g/mol. The number of likely N-dealkylation sites (tertiary alicyclic amines) is 1. The van der Waals surface area contributed by atoms with Crippen molar-refractivity contribution < 1.29 is 14.3 Å². The fourth-order valence-electron chi connectivity index (χ4n) is 3.21. The zero-order valence-electron chi connectivity index (χ0n) is 12.2. The predicted molar refractivity (Wildman–Crippen MR) is 81.7 cm³/mol. The zero-order chi connectivity index (χ0) is 15.5. The van der Waals surface area contributed by atoms with Crippen molar-refractivity contribution in [2.45, 2.75) is 19.0 Å². The normalized spacial score (nSPS) is 21.9. The predicted octanol–water partition coefficient (Wildman–Crippen LogP) is 3.47. The van der Waals surface area contributed by atoms with E-state index in [0.717, 1.165) is 17.7 Å². The number of benzene rings is 2. The molecule has 1 N–H and O–H groups in total. The van der Waals surface area contributed by atoms with Gasteiger partial charge in [-0.05, 0) is 29.7 Å². The Morgan fingerprint density at radius 2 is 1.82 bits per heavy atom. The summed E-state index contributed by atoms with van der Waals surface area (Å²) in [5.41, 5.74) is 2.02. The molecule has 1 aliphatic rings. The van der Waals surface area contributed by atoms with Crippen molar-refractivity contribution >= 4 is 5.97 Å². The first-order chi connectivity index (χ1) is 10.6. The molecular formula is C18H18FNO2. The van der Waals surface area contributed by atoms with Gasteiger partial charge in [0.25, 0.3) is 0 Å². The van der Waals surface area contributed by atoms with Crippen molar-refractivity contribution in [2.75, 3.05) is 6.54 Å². The molecule has 4 heteroatoms. The number of hydrogen-bond donors (Lipinski definition) is 1. The van der Waals surface area contributed by atoms with Crippen LogP contribution in [-0.2, 0) is 11.3 Å². The van der Waals surface area contributed by atoms with Gasteiger partial charge >= 0.3 is 5.97 Å². The second-order valence-electron chi connectivity index (χ2n) is 5.69. The largest absolute Gasteiger partial charge is 0.481 e. The lowest BCUT2D eigenvalue weighted by molar-refractivity contribution is -0.142. The number of carboxylic acids is 1. The third kappa shape index (κ3) is 3.02. The SMILES string of the molecule is O=C(O)C1CCN(Cc2ccccc2)C1c1ccc(F)cc1. The van der Waals surface area contributed by atoms with E-state index in [-0.39, 0.29) is 11.9 Å². The average molecular weight is 299 g/mol. The van der Waals surface area contributed by atoms with Crippen molar-refractivity contribution in [1.82, 2.24) is 4.90 Å². The third-order valence-corrected chi connectivity index (χ3v) is 4.26. The Morgan fingerprint density at radius 1 is 1.14 bits per heavy atom. The molecule has 2 aromatic carbocycles. The summed E-state index contributed by atoms with van der Waals surface area (Å²) in [6, 6.07) is 16.0. The highest BCUT2D eigenvalue weighted by Gasteiger charge is 2.39. The Morgan fingerprint density at radius 3 is 2.45 bits per heavy atom. The van der Waals surface area contributed by atoms with Crippen LogP contribution in [0.3, 0.4) is 0 Å². The number of hydrogen-bond acceptors (Lipinski definition) is 2. The van der Waals surface area contributed by atoms with Crippen molar-refractivity contribution in [1.29, 1.82) is 0 Å². The van der Waals surface area contributed by atoms with Crippen LogP contribution in [0.1, 0.15) is 23.6 Å². The molecule has 1 saturated heterocycles. The first-order valence-electron chi connectivity index (χ1n) is 7.41. The van der Waals surface area contributed by atoms with Crippen molar-refractivity contribution in [3.05, 3.63) is 71.5 Å². The number of carbonyl (C=O) groups is 1. The van der Waals surface area contributed by atoms with Gasteiger partial charge in [0, 0.05) is 19.1 Å². The van der Waals surface area contributed by atoms with Crippen molar-refractivity contribution in [2.24, 2.45) is 5.92 Å². The first kappa shape index (κ1) is 14.7. The Labute approximate surface area is 129 Å². The van der Waals surface area contributed by atoms with Gasteiger partial charge in [0.2, 0.25) is 0 Å². The molecule has 0 aromatic heterocycles. The fourth-order valence-corrected chi connectivity index (χ4v) is 3.21. The minimum absolute atomic E-state index is 0.210. The summed E-state index contributed by atoms with van der Waals surface area (Å²) < 4.78 is 13.1. The molecule has 0 amide bonds. The highest BCUT2D eigenvalue weighted by atomic mass is 19.1. The Kier molecular flexibility index (Phi) is 4.20. The minimum atomic E-state index is -0.787. The number of nitrogens with zero attached hydrogens (tertiary/aromatic N) is 1. The van der Waals surface area contributed by atoms with E-state index in [0.29, 0.717) is 13.0 Å². The quantitative estimate of drug-likeness (QED) is 0.939. The Bertz CT molecular complexity index is 642. The maximum absolute atomic E-state index is 13.1. The third-order valence-electron chi connectivity index (χ3n) is 4.26.